The fraction of sp³-hybridized carbons (Fsp3) is 0.364. The van der Waals surface area contributed by atoms with E-state index in [1.54, 1.807) is 13.1 Å². The minimum absolute atomic E-state index is 0.0924. The molecule has 0 bridgehead atoms. The first-order valence-electron chi connectivity index (χ1n) is 14.0. The van der Waals surface area contributed by atoms with Gasteiger partial charge in [-0.2, -0.15) is 0 Å². The van der Waals surface area contributed by atoms with Crippen LogP contribution in [0, 0.1) is 0 Å². The summed E-state index contributed by atoms with van der Waals surface area (Å²) in [6.45, 7) is 2.27. The number of allylic oxidation sites excluding steroid dienone is 1. The lowest BCUT2D eigenvalue weighted by Gasteiger charge is -2.19. The number of amides is 1. The fourth-order valence-corrected chi connectivity index (χ4v) is 6.20. The summed E-state index contributed by atoms with van der Waals surface area (Å²) in [6, 6.07) is 19.9. The van der Waals surface area contributed by atoms with Gasteiger partial charge in [-0.3, -0.25) is 14.1 Å². The molecule has 1 aliphatic heterocycles. The summed E-state index contributed by atoms with van der Waals surface area (Å²) < 4.78 is 18.8. The van der Waals surface area contributed by atoms with Gasteiger partial charge in [-0.1, -0.05) is 47.5 Å². The van der Waals surface area contributed by atoms with Gasteiger partial charge in [0.2, 0.25) is 0 Å². The molecule has 218 valence electrons. The Kier molecular flexibility index (Phi) is 11.2. The molecule has 2 N–H and O–H groups in total. The number of halogens is 3. The van der Waals surface area contributed by atoms with E-state index in [2.05, 4.69) is 28.4 Å². The molecule has 1 unspecified atom stereocenters. The number of rotatable bonds is 8. The Balaban J connectivity index is 0.00000189. The second-order valence-electron chi connectivity index (χ2n) is 10.2. The van der Waals surface area contributed by atoms with Crippen LogP contribution in [0.1, 0.15) is 58.3 Å². The van der Waals surface area contributed by atoms with Crippen LogP contribution < -0.4 is 10.1 Å². The lowest BCUT2D eigenvalue weighted by atomic mass is 9.87. The first-order chi connectivity index (χ1) is 20.0. The molecule has 5 nitrogen and oxygen atoms in total. The fourth-order valence-electron chi connectivity index (χ4n) is 5.68. The number of carbonyl (C=O) groups excluding carboxylic acids is 1. The first kappa shape index (κ1) is 31.0. The summed E-state index contributed by atoms with van der Waals surface area (Å²) in [5.41, 5.74) is 7.22. The molecular weight excluding hydrogens is 562 g/mol. The predicted molar refractivity (Wildman–Crippen MR) is 166 cm³/mol. The Morgan fingerprint density at radius 2 is 1.80 bits per heavy atom. The van der Waals surface area contributed by atoms with Gasteiger partial charge in [-0.05, 0) is 102 Å². The molecule has 3 aromatic carbocycles. The maximum atomic E-state index is 12.6. The summed E-state index contributed by atoms with van der Waals surface area (Å²) in [5.74, 6) is 0.733. The number of nitrogens with one attached hydrogen (secondary N) is 1. The zero-order chi connectivity index (χ0) is 29.4. The number of aliphatic hydroxyl groups is 1. The number of fused-ring (bicyclic) bond motifs is 1. The Morgan fingerprint density at radius 1 is 1.05 bits per heavy atom. The molecule has 5 rings (SSSR count). The molecule has 3 aromatic rings. The molecule has 41 heavy (non-hydrogen) atoms. The minimum atomic E-state index is -0.279. The molecule has 0 aromatic heterocycles. The van der Waals surface area contributed by atoms with Gasteiger partial charge in [0.05, 0.1) is 6.67 Å². The van der Waals surface area contributed by atoms with Crippen molar-refractivity contribution in [3.05, 3.63) is 98.5 Å². The molecule has 2 aliphatic rings. The molecule has 0 spiro atoms. The quantitative estimate of drug-likeness (QED) is 0.291. The van der Waals surface area contributed by atoms with Crippen LogP contribution in [0.5, 0.6) is 5.75 Å². The molecular formula is C33H37Cl2FN2O3. The molecule has 1 heterocycles. The minimum Gasteiger partial charge on any atom is -0.489 e. The van der Waals surface area contributed by atoms with Gasteiger partial charge < -0.3 is 15.2 Å². The van der Waals surface area contributed by atoms with Crippen molar-refractivity contribution in [2.75, 3.05) is 40.5 Å². The van der Waals surface area contributed by atoms with Crippen LogP contribution in [0.4, 0.5) is 4.39 Å². The van der Waals surface area contributed by atoms with Crippen molar-refractivity contribution >= 4 is 40.3 Å². The maximum Gasteiger partial charge on any atom is 0.251 e. The second kappa shape index (κ2) is 14.8. The van der Waals surface area contributed by atoms with Crippen molar-refractivity contribution < 1.29 is 19.0 Å². The normalized spacial score (nSPS) is 16.9. The molecule has 0 saturated carbocycles. The number of aryl methyl sites for hydroxylation is 1. The first-order valence-corrected chi connectivity index (χ1v) is 14.8. The van der Waals surface area contributed by atoms with E-state index < -0.39 is 0 Å². The smallest absolute Gasteiger partial charge is 0.251 e. The van der Waals surface area contributed by atoms with E-state index in [1.165, 1.54) is 0 Å². The van der Waals surface area contributed by atoms with Crippen LogP contribution in [0.25, 0.3) is 11.1 Å². The van der Waals surface area contributed by atoms with Crippen LogP contribution >= 0.6 is 23.2 Å². The van der Waals surface area contributed by atoms with Crippen molar-refractivity contribution in [3.63, 3.8) is 0 Å². The molecule has 1 atom stereocenters. The lowest BCUT2D eigenvalue weighted by molar-refractivity contribution is 0.0963. The van der Waals surface area contributed by atoms with Gasteiger partial charge in [0.15, 0.2) is 0 Å². The zero-order valence-corrected chi connectivity index (χ0v) is 25.1. The second-order valence-corrected chi connectivity index (χ2v) is 11.0. The Hall–Kier alpha value is -2.90. The number of carbonyl (C=O) groups is 1. The number of aliphatic hydroxyl groups excluding tert-OH is 1. The van der Waals surface area contributed by atoms with Gasteiger partial charge in [-0.25, -0.2) is 0 Å². The van der Waals surface area contributed by atoms with E-state index in [9.17, 15) is 9.18 Å². The standard InChI is InChI=1S/C32H33Cl2FN2O2.CH4O/c1-36-32(38)23-8-12-27-22(18-23)4-2-5-29(28-13-9-24(33)19-30(28)34)31(27)21-6-10-25(11-7-21)39-26-14-17-37(20-26)16-3-15-35;1-2/h6-13,18-19,26H,2-5,14-17,20H2,1H3,(H,36,38);2H,1H3. The summed E-state index contributed by atoms with van der Waals surface area (Å²) in [5, 5.41) is 11.0. The van der Waals surface area contributed by atoms with Crippen molar-refractivity contribution in [1.82, 2.24) is 10.2 Å². The Morgan fingerprint density at radius 3 is 2.51 bits per heavy atom. The third-order valence-electron chi connectivity index (χ3n) is 7.58. The molecule has 1 fully saturated rings. The number of nitrogens with zero attached hydrogens (tertiary/aromatic N) is 1. The highest BCUT2D eigenvalue weighted by Gasteiger charge is 2.25. The monoisotopic (exact) mass is 598 g/mol. The number of likely N-dealkylation sites (tertiary alicyclic amines) is 1. The van der Waals surface area contributed by atoms with Gasteiger partial charge in [0.25, 0.3) is 5.91 Å². The topological polar surface area (TPSA) is 61.8 Å². The average molecular weight is 600 g/mol. The van der Waals surface area contributed by atoms with Crippen LogP contribution in [0.15, 0.2) is 60.7 Å². The van der Waals surface area contributed by atoms with Crippen molar-refractivity contribution in [2.45, 2.75) is 38.2 Å². The summed E-state index contributed by atoms with van der Waals surface area (Å²) in [4.78, 5) is 14.6. The predicted octanol–water partition coefficient (Wildman–Crippen LogP) is 7.07. The molecule has 8 heteroatoms. The zero-order valence-electron chi connectivity index (χ0n) is 23.6. The lowest BCUT2D eigenvalue weighted by Crippen LogP contribution is -2.26. The van der Waals surface area contributed by atoms with Crippen LogP contribution in [-0.2, 0) is 6.42 Å². The SMILES string of the molecule is CNC(=O)c1ccc2c(c1)CCCC(c1ccc(Cl)cc1Cl)=C2c1ccc(OC2CCN(CCCF)C2)cc1.CO. The van der Waals surface area contributed by atoms with Crippen molar-refractivity contribution in [2.24, 2.45) is 0 Å². The largest absolute Gasteiger partial charge is 0.489 e. The highest BCUT2D eigenvalue weighted by Crippen LogP contribution is 2.42. The molecule has 1 amide bonds. The van der Waals surface area contributed by atoms with E-state index in [0.29, 0.717) is 22.0 Å². The number of ether oxygens (including phenoxy) is 1. The van der Waals surface area contributed by atoms with E-state index >= 15 is 0 Å². The maximum absolute atomic E-state index is 12.6. The summed E-state index contributed by atoms with van der Waals surface area (Å²) in [7, 11) is 2.65. The number of hydrogen-bond acceptors (Lipinski definition) is 4. The third kappa shape index (κ3) is 7.49. The van der Waals surface area contributed by atoms with Crippen LogP contribution in [-0.4, -0.2) is 62.5 Å². The molecule has 0 radical (unpaired) electrons. The van der Waals surface area contributed by atoms with E-state index in [0.717, 1.165) is 91.6 Å². The summed E-state index contributed by atoms with van der Waals surface area (Å²) >= 11 is 13.0. The van der Waals surface area contributed by atoms with Crippen LogP contribution in [0.2, 0.25) is 10.0 Å². The van der Waals surface area contributed by atoms with Gasteiger partial charge in [-0.15, -0.1) is 0 Å². The highest BCUT2D eigenvalue weighted by atomic mass is 35.5. The van der Waals surface area contributed by atoms with Crippen molar-refractivity contribution in [3.8, 4) is 5.75 Å². The Bertz CT molecular complexity index is 1380. The molecule has 1 saturated heterocycles. The van der Waals surface area contributed by atoms with Gasteiger partial charge in [0, 0.05) is 49.4 Å². The number of alkyl halides is 1. The number of hydrogen-bond donors (Lipinski definition) is 2. The van der Waals surface area contributed by atoms with E-state index in [4.69, 9.17) is 33.0 Å². The van der Waals surface area contributed by atoms with Gasteiger partial charge >= 0.3 is 0 Å². The highest BCUT2D eigenvalue weighted by molar-refractivity contribution is 6.36. The van der Waals surface area contributed by atoms with E-state index in [1.807, 2.05) is 36.4 Å². The molecule has 1 aliphatic carbocycles. The van der Waals surface area contributed by atoms with E-state index in [-0.39, 0.29) is 18.7 Å². The van der Waals surface area contributed by atoms with Gasteiger partial charge in [0.1, 0.15) is 11.9 Å². The van der Waals surface area contributed by atoms with Crippen molar-refractivity contribution in [1.29, 1.82) is 0 Å². The Labute approximate surface area is 251 Å². The average Bonchev–Trinajstić information content (AvgIpc) is 3.35. The summed E-state index contributed by atoms with van der Waals surface area (Å²) in [6.07, 6.45) is 4.27. The number of benzene rings is 3. The van der Waals surface area contributed by atoms with Crippen LogP contribution in [0.3, 0.4) is 0 Å². The third-order valence-corrected chi connectivity index (χ3v) is 8.13.